The average Bonchev–Trinajstić information content (AvgIpc) is 2.26. The molecule has 3 atom stereocenters. The second-order valence-electron chi connectivity index (χ2n) is 4.59. The van der Waals surface area contributed by atoms with Crippen LogP contribution in [0.4, 0.5) is 0 Å². The minimum Gasteiger partial charge on any atom is -0.370 e. The largest absolute Gasteiger partial charge is 0.370 e. The van der Waals surface area contributed by atoms with Gasteiger partial charge in [0.25, 0.3) is 0 Å². The van der Waals surface area contributed by atoms with Crippen LogP contribution in [0.3, 0.4) is 0 Å². The average molecular weight is 298 g/mol. The van der Waals surface area contributed by atoms with Crippen molar-refractivity contribution >= 4 is 18.0 Å². The van der Waals surface area contributed by atoms with Crippen LogP contribution >= 0.6 is 0 Å². The van der Waals surface area contributed by atoms with E-state index in [9.17, 15) is 14.4 Å². The van der Waals surface area contributed by atoms with Crippen LogP contribution < -0.4 is 11.1 Å². The molecule has 3 N–H and O–H groups in total. The molecule has 0 bridgehead atoms. The second-order valence-corrected chi connectivity index (χ2v) is 4.59. The number of carbonyl (C=O) groups is 3. The van der Waals surface area contributed by atoms with Crippen molar-refractivity contribution in [3.05, 3.63) is 6.42 Å². The fourth-order valence-electron chi connectivity index (χ4n) is 1.96. The zero-order chi connectivity index (χ0) is 12.8. The van der Waals surface area contributed by atoms with Crippen molar-refractivity contribution in [2.45, 2.75) is 44.7 Å². The van der Waals surface area contributed by atoms with E-state index >= 15 is 0 Å². The Hall–Kier alpha value is -0.854. The predicted molar refractivity (Wildman–Crippen MR) is 62.9 cm³/mol. The molecular formula is C12H19CoN2O3-. The summed E-state index contributed by atoms with van der Waals surface area (Å²) in [4.78, 5) is 33.1. The summed E-state index contributed by atoms with van der Waals surface area (Å²) in [5.41, 5.74) is 5.02. The van der Waals surface area contributed by atoms with E-state index in [2.05, 4.69) is 5.32 Å². The molecule has 5 nitrogen and oxygen atoms in total. The first kappa shape index (κ1) is 17.1. The molecule has 0 heterocycles. The van der Waals surface area contributed by atoms with E-state index in [-0.39, 0.29) is 35.0 Å². The molecule has 0 aromatic heterocycles. The van der Waals surface area contributed by atoms with E-state index in [1.54, 1.807) is 6.42 Å². The number of hydrogen-bond acceptors (Lipinski definition) is 4. The Kier molecular flexibility index (Phi) is 7.89. The van der Waals surface area contributed by atoms with Crippen LogP contribution in [0.2, 0.25) is 0 Å². The van der Waals surface area contributed by atoms with Gasteiger partial charge in [0.15, 0.2) is 0 Å². The van der Waals surface area contributed by atoms with Gasteiger partial charge >= 0.3 is 0 Å². The van der Waals surface area contributed by atoms with Gasteiger partial charge in [-0.1, -0.05) is 13.3 Å². The van der Waals surface area contributed by atoms with Crippen molar-refractivity contribution in [3.63, 3.8) is 0 Å². The van der Waals surface area contributed by atoms with Gasteiger partial charge in [-0.15, -0.1) is 0 Å². The van der Waals surface area contributed by atoms with Gasteiger partial charge in [-0.2, -0.15) is 5.92 Å². The summed E-state index contributed by atoms with van der Waals surface area (Å²) < 4.78 is 0. The van der Waals surface area contributed by atoms with Crippen molar-refractivity contribution in [1.29, 1.82) is 0 Å². The van der Waals surface area contributed by atoms with Gasteiger partial charge in [0, 0.05) is 35.0 Å². The first-order chi connectivity index (χ1) is 8.02. The van der Waals surface area contributed by atoms with E-state index in [0.29, 0.717) is 12.3 Å². The van der Waals surface area contributed by atoms with Crippen molar-refractivity contribution < 1.29 is 31.2 Å². The van der Waals surface area contributed by atoms with Crippen LogP contribution in [-0.4, -0.2) is 30.1 Å². The Morgan fingerprint density at radius 1 is 1.61 bits per heavy atom. The third-order valence-corrected chi connectivity index (χ3v) is 2.98. The Morgan fingerprint density at radius 3 is 2.78 bits per heavy atom. The molecule has 1 aliphatic rings. The zero-order valence-electron chi connectivity index (χ0n) is 10.4. The summed E-state index contributed by atoms with van der Waals surface area (Å²) in [6.45, 7) is 2.00. The number of Topliss-reactive ketones (excluding diaryl/α,β-unsaturated/α-hetero) is 1. The predicted octanol–water partition coefficient (Wildman–Crippen LogP) is -0.0216. The number of carbonyl (C=O) groups excluding carboxylic acids is 3. The first-order valence-corrected chi connectivity index (χ1v) is 5.91. The van der Waals surface area contributed by atoms with Gasteiger partial charge in [-0.05, 0) is 12.8 Å². The summed E-state index contributed by atoms with van der Waals surface area (Å²) in [7, 11) is 0. The number of rotatable bonds is 6. The van der Waals surface area contributed by atoms with Gasteiger partial charge in [0.05, 0.1) is 6.04 Å². The van der Waals surface area contributed by atoms with Gasteiger partial charge in [0.1, 0.15) is 6.29 Å². The summed E-state index contributed by atoms with van der Waals surface area (Å²) in [5, 5.41) is 2.97. The smallest absolute Gasteiger partial charge is 0.217 e. The number of nitrogens with one attached hydrogen (secondary N) is 1. The Bertz CT molecular complexity index is 310. The SMILES string of the molecule is CC1[CH-]C(=O)C(N[C@@H](C=O)CCC(N)=O)CC1.[Co]. The summed E-state index contributed by atoms with van der Waals surface area (Å²) >= 11 is 0. The number of primary amides is 1. The molecule has 1 aliphatic carbocycles. The summed E-state index contributed by atoms with van der Waals surface area (Å²) in [6.07, 6.45) is 4.59. The van der Waals surface area contributed by atoms with Crippen LogP contribution in [0, 0.1) is 12.3 Å². The van der Waals surface area contributed by atoms with Gasteiger partial charge in [-0.25, -0.2) is 0 Å². The van der Waals surface area contributed by atoms with Crippen molar-refractivity contribution in [1.82, 2.24) is 5.32 Å². The molecule has 105 valence electrons. The second kappa shape index (κ2) is 8.28. The topological polar surface area (TPSA) is 89.3 Å². The van der Waals surface area contributed by atoms with E-state index < -0.39 is 11.9 Å². The molecule has 0 aliphatic heterocycles. The van der Waals surface area contributed by atoms with Crippen LogP contribution in [0.1, 0.15) is 32.6 Å². The fourth-order valence-corrected chi connectivity index (χ4v) is 1.96. The molecule has 0 aromatic rings. The van der Waals surface area contributed by atoms with E-state index in [4.69, 9.17) is 5.73 Å². The molecule has 2 unspecified atom stereocenters. The molecule has 0 aromatic carbocycles. The quantitative estimate of drug-likeness (QED) is 0.533. The summed E-state index contributed by atoms with van der Waals surface area (Å²) in [5.74, 6) is -0.0932. The van der Waals surface area contributed by atoms with Gasteiger partial charge < -0.3 is 27.1 Å². The maximum atomic E-state index is 11.7. The number of amides is 1. The standard InChI is InChI=1S/C12H19N2O3.Co/c1-8-2-4-10(11(16)6-8)14-9(7-15)3-5-12(13)17;/h6-10,14H,2-5H2,1H3,(H2,13,17);/q-1;/t8?,9-,10?;/m1./s1. The molecule has 6 heteroatoms. The third kappa shape index (κ3) is 5.66. The molecule has 1 amide bonds. The summed E-state index contributed by atoms with van der Waals surface area (Å²) in [6, 6.07) is -0.771. The Labute approximate surface area is 117 Å². The van der Waals surface area contributed by atoms with E-state index in [0.717, 1.165) is 19.1 Å². The Balaban J connectivity index is 0.00000289. The molecular weight excluding hydrogens is 279 g/mol. The van der Waals surface area contributed by atoms with Crippen molar-refractivity contribution in [2.75, 3.05) is 0 Å². The molecule has 1 rings (SSSR count). The minimum absolute atomic E-state index is 0. The number of nitrogens with two attached hydrogens (primary N) is 1. The van der Waals surface area contributed by atoms with Gasteiger partial charge in [0.2, 0.25) is 5.91 Å². The normalized spacial score (nSPS) is 24.6. The zero-order valence-corrected chi connectivity index (χ0v) is 11.4. The van der Waals surface area contributed by atoms with Crippen LogP contribution in [0.25, 0.3) is 0 Å². The molecule has 1 radical (unpaired) electrons. The van der Waals surface area contributed by atoms with E-state index in [1.165, 1.54) is 0 Å². The minimum atomic E-state index is -0.474. The van der Waals surface area contributed by atoms with Gasteiger partial charge in [-0.3, -0.25) is 4.79 Å². The molecule has 18 heavy (non-hydrogen) atoms. The van der Waals surface area contributed by atoms with Crippen LogP contribution in [-0.2, 0) is 31.2 Å². The number of ketones is 1. The molecule has 1 saturated carbocycles. The van der Waals surface area contributed by atoms with E-state index in [1.807, 2.05) is 6.92 Å². The molecule has 0 saturated heterocycles. The number of hydrogen-bond donors (Lipinski definition) is 2. The van der Waals surface area contributed by atoms with Crippen molar-refractivity contribution in [3.8, 4) is 0 Å². The fraction of sp³-hybridized carbons (Fsp3) is 0.667. The monoisotopic (exact) mass is 298 g/mol. The van der Waals surface area contributed by atoms with Crippen molar-refractivity contribution in [2.24, 2.45) is 11.7 Å². The maximum absolute atomic E-state index is 11.7. The maximum Gasteiger partial charge on any atom is 0.217 e. The number of aldehydes is 1. The van der Waals surface area contributed by atoms with Crippen LogP contribution in [0.5, 0.6) is 0 Å². The molecule has 0 spiro atoms. The third-order valence-electron chi connectivity index (χ3n) is 2.98. The first-order valence-electron chi connectivity index (χ1n) is 5.91. The molecule has 1 fully saturated rings. The van der Waals surface area contributed by atoms with Crippen LogP contribution in [0.15, 0.2) is 0 Å². The Morgan fingerprint density at radius 2 is 2.28 bits per heavy atom.